The zero-order valence-corrected chi connectivity index (χ0v) is 16.7. The fourth-order valence-corrected chi connectivity index (χ4v) is 3.75. The monoisotopic (exact) mass is 402 g/mol. The molecule has 1 saturated heterocycles. The summed E-state index contributed by atoms with van der Waals surface area (Å²) in [7, 11) is 0. The highest BCUT2D eigenvalue weighted by molar-refractivity contribution is 7.17. The van der Waals surface area contributed by atoms with Crippen LogP contribution < -0.4 is 11.1 Å². The van der Waals surface area contributed by atoms with Gasteiger partial charge in [0, 0.05) is 31.9 Å². The second kappa shape index (κ2) is 9.03. The highest BCUT2D eigenvalue weighted by Crippen LogP contribution is 2.25. The molecular weight excluding hydrogens is 379 g/mol. The van der Waals surface area contributed by atoms with Crippen LogP contribution >= 0.6 is 11.3 Å². The fraction of sp³-hybridized carbons (Fsp3) is 0.368. The number of carbonyl (C=O) groups is 1. The fourth-order valence-electron chi connectivity index (χ4n) is 2.94. The van der Waals surface area contributed by atoms with Gasteiger partial charge in [-0.05, 0) is 29.5 Å². The van der Waals surface area contributed by atoms with Gasteiger partial charge in [-0.3, -0.25) is 9.78 Å². The van der Waals surface area contributed by atoms with Gasteiger partial charge in [0.2, 0.25) is 5.95 Å². The Morgan fingerprint density at radius 1 is 1.39 bits per heavy atom. The maximum atomic E-state index is 13.3. The summed E-state index contributed by atoms with van der Waals surface area (Å²) in [6.45, 7) is 5.48. The lowest BCUT2D eigenvalue weighted by molar-refractivity contribution is 0.0787. The Labute approximate surface area is 166 Å². The second-order valence-electron chi connectivity index (χ2n) is 6.20. The number of fused-ring (bicyclic) bond motifs is 1. The number of rotatable bonds is 4. The number of nitrogens with zero attached hydrogens (tertiary/aromatic N) is 4. The van der Waals surface area contributed by atoms with Gasteiger partial charge in [-0.2, -0.15) is 0 Å². The number of nitrogens with two attached hydrogens (primary N) is 1. The first-order valence-corrected chi connectivity index (χ1v) is 10.1. The summed E-state index contributed by atoms with van der Waals surface area (Å²) in [4.78, 5) is 27.3. The molecule has 9 heteroatoms. The van der Waals surface area contributed by atoms with Crippen molar-refractivity contribution in [2.75, 3.05) is 18.4 Å². The van der Waals surface area contributed by atoms with Crippen LogP contribution in [0.1, 0.15) is 36.3 Å². The molecule has 3 aromatic heterocycles. The Morgan fingerprint density at radius 2 is 2.21 bits per heavy atom. The molecule has 0 bridgehead atoms. The van der Waals surface area contributed by atoms with Crippen molar-refractivity contribution in [1.29, 1.82) is 0 Å². The summed E-state index contributed by atoms with van der Waals surface area (Å²) in [5, 5.41) is 4.93. The van der Waals surface area contributed by atoms with Crippen LogP contribution in [-0.4, -0.2) is 44.9 Å². The highest BCUT2D eigenvalue weighted by Gasteiger charge is 2.27. The molecule has 28 heavy (non-hydrogen) atoms. The Balaban J connectivity index is 0.00000109. The lowest BCUT2D eigenvalue weighted by Gasteiger charge is -2.16. The first-order chi connectivity index (χ1) is 13.6. The second-order valence-corrected chi connectivity index (χ2v) is 7.11. The SMILES string of the molecule is CC.N[C@@H]1CCN(C(=O)c2nc(NCc3cncc(F)c3)nc3ccsc23)C1. The molecule has 3 N–H and O–H groups in total. The average Bonchev–Trinajstić information content (AvgIpc) is 3.35. The van der Waals surface area contributed by atoms with Crippen molar-refractivity contribution in [2.24, 2.45) is 5.73 Å². The van der Waals surface area contributed by atoms with Gasteiger partial charge in [0.05, 0.1) is 16.4 Å². The van der Waals surface area contributed by atoms with E-state index in [0.717, 1.165) is 17.3 Å². The molecule has 4 heterocycles. The molecule has 0 radical (unpaired) electrons. The molecule has 0 saturated carbocycles. The van der Waals surface area contributed by atoms with E-state index in [9.17, 15) is 9.18 Å². The first-order valence-electron chi connectivity index (χ1n) is 9.23. The minimum Gasteiger partial charge on any atom is -0.350 e. The molecule has 1 atom stereocenters. The van der Waals surface area contributed by atoms with Gasteiger partial charge in [-0.1, -0.05) is 13.8 Å². The number of pyridine rings is 1. The molecule has 0 unspecified atom stereocenters. The lowest BCUT2D eigenvalue weighted by Crippen LogP contribution is -2.32. The third-order valence-corrected chi connectivity index (χ3v) is 5.14. The van der Waals surface area contributed by atoms with Crippen molar-refractivity contribution in [3.63, 3.8) is 0 Å². The van der Waals surface area contributed by atoms with Crippen molar-refractivity contribution in [2.45, 2.75) is 32.9 Å². The van der Waals surface area contributed by atoms with Gasteiger partial charge in [-0.25, -0.2) is 14.4 Å². The van der Waals surface area contributed by atoms with Crippen LogP contribution in [0.5, 0.6) is 0 Å². The molecule has 148 valence electrons. The summed E-state index contributed by atoms with van der Waals surface area (Å²) in [6, 6.07) is 3.25. The topological polar surface area (TPSA) is 97.0 Å². The number of likely N-dealkylation sites (tertiary alicyclic amines) is 1. The zero-order chi connectivity index (χ0) is 20.1. The number of amides is 1. The molecule has 0 aliphatic carbocycles. The van der Waals surface area contributed by atoms with Gasteiger partial charge < -0.3 is 16.0 Å². The number of halogens is 1. The quantitative estimate of drug-likeness (QED) is 0.696. The van der Waals surface area contributed by atoms with E-state index < -0.39 is 5.82 Å². The Hall–Kier alpha value is -2.65. The predicted octanol–water partition coefficient (Wildman–Crippen LogP) is 3.04. The maximum Gasteiger partial charge on any atom is 0.274 e. The molecule has 1 fully saturated rings. The number of hydrogen-bond donors (Lipinski definition) is 2. The van der Waals surface area contributed by atoms with E-state index in [1.54, 1.807) is 11.1 Å². The Kier molecular flexibility index (Phi) is 6.48. The van der Waals surface area contributed by atoms with E-state index in [2.05, 4.69) is 20.3 Å². The molecule has 1 amide bonds. The first kappa shape index (κ1) is 20.1. The number of nitrogens with one attached hydrogen (secondary N) is 1. The summed E-state index contributed by atoms with van der Waals surface area (Å²) in [5.74, 6) is -0.213. The predicted molar refractivity (Wildman–Crippen MR) is 109 cm³/mol. The molecule has 1 aliphatic heterocycles. The molecule has 0 spiro atoms. The number of anilines is 1. The van der Waals surface area contributed by atoms with Crippen LogP contribution in [0, 0.1) is 5.82 Å². The number of carbonyl (C=O) groups excluding carboxylic acids is 1. The third-order valence-electron chi connectivity index (χ3n) is 4.23. The van der Waals surface area contributed by atoms with Crippen LogP contribution in [0.4, 0.5) is 10.3 Å². The van der Waals surface area contributed by atoms with Crippen molar-refractivity contribution in [1.82, 2.24) is 19.9 Å². The average molecular weight is 402 g/mol. The molecule has 1 aliphatic rings. The van der Waals surface area contributed by atoms with E-state index in [1.165, 1.54) is 17.4 Å². The Bertz CT molecular complexity index is 963. The van der Waals surface area contributed by atoms with Gasteiger partial charge in [-0.15, -0.1) is 11.3 Å². The molecule has 0 aromatic carbocycles. The summed E-state index contributed by atoms with van der Waals surface area (Å²) in [5.41, 5.74) is 7.66. The molecular formula is C19H23FN6OS. The van der Waals surface area contributed by atoms with Crippen LogP contribution in [0.3, 0.4) is 0 Å². The standard InChI is InChI=1S/C17H17FN6OS.C2H6/c18-11-5-10(6-20-8-11)7-21-17-22-13-2-4-26-15(13)14(23-17)16(25)24-3-1-12(19)9-24;1-2/h2,4-6,8,12H,1,3,7,9,19H2,(H,21,22,23);1-2H3/t12-;/m1./s1. The summed E-state index contributed by atoms with van der Waals surface area (Å²) >= 11 is 1.44. The van der Waals surface area contributed by atoms with Crippen molar-refractivity contribution < 1.29 is 9.18 Å². The minimum atomic E-state index is -0.403. The van der Waals surface area contributed by atoms with Gasteiger partial charge in [0.15, 0.2) is 5.69 Å². The van der Waals surface area contributed by atoms with E-state index in [0.29, 0.717) is 42.4 Å². The minimum absolute atomic E-state index is 0.0117. The number of thiophene rings is 1. The van der Waals surface area contributed by atoms with E-state index in [1.807, 2.05) is 25.3 Å². The molecule has 3 aromatic rings. The van der Waals surface area contributed by atoms with Crippen LogP contribution in [0.25, 0.3) is 10.2 Å². The van der Waals surface area contributed by atoms with Crippen molar-refractivity contribution >= 4 is 33.4 Å². The molecule has 4 rings (SSSR count). The summed E-state index contributed by atoms with van der Waals surface area (Å²) in [6.07, 6.45) is 3.51. The van der Waals surface area contributed by atoms with Crippen molar-refractivity contribution in [3.8, 4) is 0 Å². The lowest BCUT2D eigenvalue weighted by atomic mass is 10.3. The normalized spacial score (nSPS) is 16.0. The zero-order valence-electron chi connectivity index (χ0n) is 15.9. The molecule has 7 nitrogen and oxygen atoms in total. The number of hydrogen-bond acceptors (Lipinski definition) is 7. The third kappa shape index (κ3) is 4.42. The number of aromatic nitrogens is 3. The van der Waals surface area contributed by atoms with Crippen molar-refractivity contribution in [3.05, 3.63) is 47.0 Å². The van der Waals surface area contributed by atoms with Crippen LogP contribution in [-0.2, 0) is 6.54 Å². The highest BCUT2D eigenvalue weighted by atomic mass is 32.1. The largest absolute Gasteiger partial charge is 0.350 e. The summed E-state index contributed by atoms with van der Waals surface area (Å²) < 4.78 is 14.0. The Morgan fingerprint density at radius 3 is 2.93 bits per heavy atom. The van der Waals surface area contributed by atoms with Crippen LogP contribution in [0.2, 0.25) is 0 Å². The van der Waals surface area contributed by atoms with E-state index >= 15 is 0 Å². The smallest absolute Gasteiger partial charge is 0.274 e. The van der Waals surface area contributed by atoms with E-state index in [-0.39, 0.29) is 11.9 Å². The van der Waals surface area contributed by atoms with E-state index in [4.69, 9.17) is 5.73 Å². The van der Waals surface area contributed by atoms with Crippen LogP contribution in [0.15, 0.2) is 29.9 Å². The van der Waals surface area contributed by atoms with Gasteiger partial charge in [0.1, 0.15) is 5.82 Å². The maximum absolute atomic E-state index is 13.3. The van der Waals surface area contributed by atoms with Gasteiger partial charge in [0.25, 0.3) is 5.91 Å². The van der Waals surface area contributed by atoms with Gasteiger partial charge >= 0.3 is 0 Å².